The largest absolute Gasteiger partial charge is 0.493 e. The molecule has 2 aromatic heterocycles. The van der Waals surface area contributed by atoms with Gasteiger partial charge in [0.05, 0.1) is 42.7 Å². The number of methoxy groups -OCH3 is 2. The average molecular weight is 466 g/mol. The Kier molecular flexibility index (Phi) is 6.41. The molecule has 0 unspecified atom stereocenters. The second-order valence-corrected chi connectivity index (χ2v) is 8.21. The quantitative estimate of drug-likeness (QED) is 0.519. The zero-order chi connectivity index (χ0) is 23.5. The molecule has 9 heteroatoms. The minimum absolute atomic E-state index is 0.209. The molecule has 4 rings (SSSR count). The third-order valence-corrected chi connectivity index (χ3v) is 6.23. The highest BCUT2D eigenvalue weighted by atomic mass is 32.1. The maximum atomic E-state index is 13.5. The van der Waals surface area contributed by atoms with Crippen molar-refractivity contribution >= 4 is 23.4 Å². The van der Waals surface area contributed by atoms with Crippen molar-refractivity contribution in [2.24, 2.45) is 4.99 Å². The molecule has 3 aromatic rings. The maximum absolute atomic E-state index is 13.5. The Morgan fingerprint density at radius 1 is 1.15 bits per heavy atom. The molecule has 1 atom stereocenters. The van der Waals surface area contributed by atoms with Crippen LogP contribution in [0.25, 0.3) is 6.08 Å². The molecular formula is C24H23N3O5S. The zero-order valence-corrected chi connectivity index (χ0v) is 19.5. The van der Waals surface area contributed by atoms with E-state index in [4.69, 9.17) is 14.2 Å². The standard InChI is InChI=1S/C24H23N3O5S/c1-5-32-23(29)20-14(2)26-24-27(21(20)16-6-7-17(30-3)18(13-16)31-4)22(28)19(33-24)12-15-8-10-25-11-9-15/h6-13,21H,5H2,1-4H3/b19-12+/t21-/m1/s1. The summed E-state index contributed by atoms with van der Waals surface area (Å²) < 4.78 is 18.2. The van der Waals surface area contributed by atoms with E-state index in [9.17, 15) is 9.59 Å². The first-order valence-electron chi connectivity index (χ1n) is 10.3. The van der Waals surface area contributed by atoms with Crippen molar-refractivity contribution in [3.8, 4) is 11.5 Å². The number of esters is 1. The van der Waals surface area contributed by atoms with E-state index in [0.29, 0.717) is 37.7 Å². The molecule has 0 spiro atoms. The number of aromatic nitrogens is 2. The van der Waals surface area contributed by atoms with Crippen molar-refractivity contribution in [3.05, 3.63) is 84.8 Å². The lowest BCUT2D eigenvalue weighted by Crippen LogP contribution is -2.39. The Balaban J connectivity index is 1.98. The first kappa shape index (κ1) is 22.5. The molecule has 170 valence electrons. The van der Waals surface area contributed by atoms with Crippen LogP contribution in [0.4, 0.5) is 0 Å². The van der Waals surface area contributed by atoms with Gasteiger partial charge in [0.15, 0.2) is 16.3 Å². The number of hydrogen-bond donors (Lipinski definition) is 0. The molecule has 8 nitrogen and oxygen atoms in total. The first-order chi connectivity index (χ1) is 16.0. The van der Waals surface area contributed by atoms with Crippen molar-refractivity contribution < 1.29 is 19.0 Å². The maximum Gasteiger partial charge on any atom is 0.338 e. The van der Waals surface area contributed by atoms with E-state index in [1.807, 2.05) is 18.2 Å². The summed E-state index contributed by atoms with van der Waals surface area (Å²) in [4.78, 5) is 35.6. The Morgan fingerprint density at radius 3 is 2.55 bits per heavy atom. The van der Waals surface area contributed by atoms with Gasteiger partial charge in [0.1, 0.15) is 0 Å². The fourth-order valence-corrected chi connectivity index (χ4v) is 4.79. The van der Waals surface area contributed by atoms with Crippen LogP contribution in [0.3, 0.4) is 0 Å². The molecule has 1 aliphatic heterocycles. The topological polar surface area (TPSA) is 92.0 Å². The normalized spacial score (nSPS) is 15.6. The summed E-state index contributed by atoms with van der Waals surface area (Å²) >= 11 is 1.27. The van der Waals surface area contributed by atoms with Gasteiger partial charge in [-0.1, -0.05) is 17.4 Å². The van der Waals surface area contributed by atoms with Crippen LogP contribution in [0.5, 0.6) is 11.5 Å². The minimum atomic E-state index is -0.723. The number of thiazole rings is 1. The van der Waals surface area contributed by atoms with E-state index in [1.54, 1.807) is 51.6 Å². The Morgan fingerprint density at radius 2 is 1.88 bits per heavy atom. The third kappa shape index (κ3) is 4.19. The van der Waals surface area contributed by atoms with Crippen LogP contribution in [-0.4, -0.2) is 36.3 Å². The van der Waals surface area contributed by atoms with Crippen molar-refractivity contribution in [2.45, 2.75) is 19.9 Å². The Bertz CT molecular complexity index is 1410. The number of pyridine rings is 1. The lowest BCUT2D eigenvalue weighted by molar-refractivity contribution is -0.139. The third-order valence-electron chi connectivity index (χ3n) is 5.24. The van der Waals surface area contributed by atoms with E-state index in [2.05, 4.69) is 9.98 Å². The first-order valence-corrected chi connectivity index (χ1v) is 11.1. The minimum Gasteiger partial charge on any atom is -0.493 e. The zero-order valence-electron chi connectivity index (χ0n) is 18.7. The van der Waals surface area contributed by atoms with Gasteiger partial charge in [-0.05, 0) is 55.3 Å². The van der Waals surface area contributed by atoms with Crippen LogP contribution in [-0.2, 0) is 9.53 Å². The van der Waals surface area contributed by atoms with Gasteiger partial charge in [-0.15, -0.1) is 0 Å². The molecule has 3 heterocycles. The van der Waals surface area contributed by atoms with Gasteiger partial charge in [0, 0.05) is 12.4 Å². The molecule has 0 saturated carbocycles. The second kappa shape index (κ2) is 9.41. The van der Waals surface area contributed by atoms with Crippen LogP contribution < -0.4 is 24.4 Å². The molecular weight excluding hydrogens is 442 g/mol. The predicted octanol–water partition coefficient (Wildman–Crippen LogP) is 2.21. The highest BCUT2D eigenvalue weighted by molar-refractivity contribution is 7.07. The molecule has 0 amide bonds. The fraction of sp³-hybridized carbons (Fsp3) is 0.250. The van der Waals surface area contributed by atoms with E-state index >= 15 is 0 Å². The number of allylic oxidation sites excluding steroid dienone is 1. The van der Waals surface area contributed by atoms with Gasteiger partial charge in [-0.2, -0.15) is 0 Å². The second-order valence-electron chi connectivity index (χ2n) is 7.20. The number of benzene rings is 1. The number of ether oxygens (including phenoxy) is 3. The smallest absolute Gasteiger partial charge is 0.338 e. The number of nitrogens with zero attached hydrogens (tertiary/aromatic N) is 3. The van der Waals surface area contributed by atoms with Crippen LogP contribution in [0.1, 0.15) is 31.0 Å². The summed E-state index contributed by atoms with van der Waals surface area (Å²) in [5.41, 5.74) is 2.10. The number of fused-ring (bicyclic) bond motifs is 1. The molecule has 1 aliphatic rings. The van der Waals surface area contributed by atoms with Gasteiger partial charge in [0.2, 0.25) is 0 Å². The van der Waals surface area contributed by atoms with Gasteiger partial charge in [-0.25, -0.2) is 9.79 Å². The van der Waals surface area contributed by atoms with Crippen LogP contribution in [0, 0.1) is 0 Å². The summed E-state index contributed by atoms with van der Waals surface area (Å²) in [7, 11) is 3.09. The summed E-state index contributed by atoms with van der Waals surface area (Å²) in [6.45, 7) is 3.70. The summed E-state index contributed by atoms with van der Waals surface area (Å²) in [5.74, 6) is 0.526. The highest BCUT2D eigenvalue weighted by Gasteiger charge is 2.33. The van der Waals surface area contributed by atoms with Crippen LogP contribution >= 0.6 is 11.3 Å². The Hall–Kier alpha value is -3.72. The van der Waals surface area contributed by atoms with Crippen molar-refractivity contribution in [1.82, 2.24) is 9.55 Å². The van der Waals surface area contributed by atoms with Crippen LogP contribution in [0.15, 0.2) is 63.8 Å². The van der Waals surface area contributed by atoms with Gasteiger partial charge in [-0.3, -0.25) is 14.3 Å². The molecule has 0 fully saturated rings. The number of carbonyl (C=O) groups excluding carboxylic acids is 1. The SMILES string of the molecule is CCOC(=O)C1=C(C)N=c2s/c(=C/c3ccncc3)c(=O)n2[C@@H]1c1ccc(OC)c(OC)c1. The lowest BCUT2D eigenvalue weighted by atomic mass is 9.95. The van der Waals surface area contributed by atoms with Crippen LogP contribution in [0.2, 0.25) is 0 Å². The predicted molar refractivity (Wildman–Crippen MR) is 124 cm³/mol. The number of hydrogen-bond acceptors (Lipinski definition) is 8. The van der Waals surface area contributed by atoms with E-state index in [-0.39, 0.29) is 12.2 Å². The molecule has 0 radical (unpaired) electrons. The summed E-state index contributed by atoms with van der Waals surface area (Å²) in [6.07, 6.45) is 5.12. The number of carbonyl (C=O) groups is 1. The van der Waals surface area contributed by atoms with Crippen molar-refractivity contribution in [2.75, 3.05) is 20.8 Å². The van der Waals surface area contributed by atoms with E-state index in [1.165, 1.54) is 23.0 Å². The Labute approximate surface area is 194 Å². The molecule has 1 aromatic carbocycles. The molecule has 0 N–H and O–H groups in total. The van der Waals surface area contributed by atoms with E-state index < -0.39 is 12.0 Å². The van der Waals surface area contributed by atoms with E-state index in [0.717, 1.165) is 5.56 Å². The van der Waals surface area contributed by atoms with Crippen molar-refractivity contribution in [1.29, 1.82) is 0 Å². The van der Waals surface area contributed by atoms with Gasteiger partial charge in [0.25, 0.3) is 5.56 Å². The summed E-state index contributed by atoms with van der Waals surface area (Å²) in [5, 5.41) is 0. The molecule has 0 bridgehead atoms. The monoisotopic (exact) mass is 465 g/mol. The molecule has 33 heavy (non-hydrogen) atoms. The fourth-order valence-electron chi connectivity index (χ4n) is 3.74. The van der Waals surface area contributed by atoms with Gasteiger partial charge < -0.3 is 14.2 Å². The van der Waals surface area contributed by atoms with Gasteiger partial charge >= 0.3 is 5.97 Å². The molecule has 0 saturated heterocycles. The molecule has 0 aliphatic carbocycles. The average Bonchev–Trinajstić information content (AvgIpc) is 3.12. The summed E-state index contributed by atoms with van der Waals surface area (Å²) in [6, 6.07) is 8.24. The highest BCUT2D eigenvalue weighted by Crippen LogP contribution is 2.36. The lowest BCUT2D eigenvalue weighted by Gasteiger charge is -2.25. The number of rotatable bonds is 6. The van der Waals surface area contributed by atoms with Crippen molar-refractivity contribution in [3.63, 3.8) is 0 Å².